The van der Waals surface area contributed by atoms with Gasteiger partial charge in [-0.05, 0) is 58.3 Å². The van der Waals surface area contributed by atoms with Gasteiger partial charge in [0, 0.05) is 72.0 Å². The summed E-state index contributed by atoms with van der Waals surface area (Å²) in [6, 6.07) is 5.68. The van der Waals surface area contributed by atoms with Crippen LogP contribution in [0.1, 0.15) is 69.2 Å². The molecule has 0 bridgehead atoms. The lowest BCUT2D eigenvalue weighted by molar-refractivity contribution is 0.0595. The van der Waals surface area contributed by atoms with E-state index in [9.17, 15) is 14.4 Å². The maximum Gasteiger partial charge on any atom is 0.263 e. The molecule has 1 aliphatic rings. The molecule has 0 radical (unpaired) electrons. The average Bonchev–Trinajstić information content (AvgIpc) is 3.02. The van der Waals surface area contributed by atoms with E-state index < -0.39 is 0 Å². The van der Waals surface area contributed by atoms with Gasteiger partial charge in [0.2, 0.25) is 0 Å². The van der Waals surface area contributed by atoms with Crippen molar-refractivity contribution in [1.82, 2.24) is 24.2 Å². The molecule has 43 heavy (non-hydrogen) atoms. The van der Waals surface area contributed by atoms with Crippen LogP contribution in [0.4, 0.5) is 5.69 Å². The van der Waals surface area contributed by atoms with E-state index in [4.69, 9.17) is 0 Å². The lowest BCUT2D eigenvalue weighted by Crippen LogP contribution is -2.45. The summed E-state index contributed by atoms with van der Waals surface area (Å²) in [5.74, 6) is -0.585. The van der Waals surface area contributed by atoms with Crippen molar-refractivity contribution in [3.05, 3.63) is 45.0 Å². The van der Waals surface area contributed by atoms with E-state index in [0.717, 1.165) is 63.1 Å². The van der Waals surface area contributed by atoms with Crippen molar-refractivity contribution >= 4 is 45.1 Å². The molecule has 0 spiro atoms. The zero-order chi connectivity index (χ0) is 31.3. The van der Waals surface area contributed by atoms with E-state index in [1.807, 2.05) is 35.8 Å². The SMILES string of the molecule is CC=c1c2ccc3c4c(c(NCCN(CC)CC)cc(c(=O)n1CCN(CC)CC)c42)C(=O)N(CCN(CC)CC)C3=O. The van der Waals surface area contributed by atoms with Crippen LogP contribution in [0, 0.1) is 0 Å². The molecule has 9 nitrogen and oxygen atoms in total. The fraction of sp³-hybridized carbons (Fsp3) is 0.559. The Hall–Kier alpha value is -3.27. The number of imide groups is 1. The van der Waals surface area contributed by atoms with Gasteiger partial charge in [-0.15, -0.1) is 0 Å². The third-order valence-corrected chi connectivity index (χ3v) is 9.24. The molecule has 1 aliphatic heterocycles. The number of hydrogen-bond donors (Lipinski definition) is 1. The second kappa shape index (κ2) is 14.5. The normalized spacial score (nSPS) is 14.1. The molecule has 0 saturated heterocycles. The molecule has 0 fully saturated rings. The van der Waals surface area contributed by atoms with Crippen LogP contribution >= 0.6 is 0 Å². The summed E-state index contributed by atoms with van der Waals surface area (Å²) < 4.78 is 1.86. The zero-order valence-corrected chi connectivity index (χ0v) is 27.3. The number of carbonyl (C=O) groups excluding carboxylic acids is 2. The molecule has 2 amide bonds. The van der Waals surface area contributed by atoms with E-state index in [1.165, 1.54) is 4.90 Å². The van der Waals surface area contributed by atoms with Crippen molar-refractivity contribution < 1.29 is 9.59 Å². The quantitative estimate of drug-likeness (QED) is 0.255. The third kappa shape index (κ3) is 6.21. The topological polar surface area (TPSA) is 81.1 Å². The first kappa shape index (κ1) is 32.6. The summed E-state index contributed by atoms with van der Waals surface area (Å²) in [5.41, 5.74) is 1.52. The smallest absolute Gasteiger partial charge is 0.263 e. The highest BCUT2D eigenvalue weighted by Gasteiger charge is 2.36. The number of nitrogens with one attached hydrogen (secondary N) is 1. The van der Waals surface area contributed by atoms with Gasteiger partial charge in [0.25, 0.3) is 17.4 Å². The van der Waals surface area contributed by atoms with Crippen LogP contribution in [0.3, 0.4) is 0 Å². The maximum absolute atomic E-state index is 14.2. The van der Waals surface area contributed by atoms with E-state index in [-0.39, 0.29) is 17.4 Å². The number of likely N-dealkylation sites (N-methyl/N-ethyl adjacent to an activating group) is 3. The van der Waals surface area contributed by atoms with Crippen LogP contribution in [-0.4, -0.2) is 108 Å². The Morgan fingerprint density at radius 3 is 1.88 bits per heavy atom. The fourth-order valence-corrected chi connectivity index (χ4v) is 6.45. The summed E-state index contributed by atoms with van der Waals surface area (Å²) in [6.45, 7) is 23.7. The summed E-state index contributed by atoms with van der Waals surface area (Å²) >= 11 is 0. The zero-order valence-electron chi connectivity index (χ0n) is 27.3. The summed E-state index contributed by atoms with van der Waals surface area (Å²) in [5, 5.41) is 7.09. The molecule has 234 valence electrons. The highest BCUT2D eigenvalue weighted by Crippen LogP contribution is 2.38. The van der Waals surface area contributed by atoms with Gasteiger partial charge in [0.05, 0.1) is 10.9 Å². The fourth-order valence-electron chi connectivity index (χ4n) is 6.45. The summed E-state index contributed by atoms with van der Waals surface area (Å²) in [6.07, 6.45) is 1.97. The molecule has 3 aromatic rings. The first-order valence-electron chi connectivity index (χ1n) is 16.2. The third-order valence-electron chi connectivity index (χ3n) is 9.24. The Bertz CT molecular complexity index is 1570. The number of rotatable bonds is 16. The molecule has 4 rings (SSSR count). The number of pyridine rings is 1. The van der Waals surface area contributed by atoms with Gasteiger partial charge in [0.1, 0.15) is 0 Å². The minimum absolute atomic E-state index is 0.0906. The molecule has 1 N–H and O–H groups in total. The maximum atomic E-state index is 14.2. The second-order valence-electron chi connectivity index (χ2n) is 11.2. The molecule has 2 heterocycles. The Balaban J connectivity index is 1.94. The van der Waals surface area contributed by atoms with Gasteiger partial charge in [-0.1, -0.05) is 53.7 Å². The standard InChI is InChI=1S/C34H50N6O3/c1-8-28-24-15-16-25-30-29(24)26(33(42)39(28)21-19-37(11-4)12-5)23-27(35-17-18-36(9-2)10-3)31(30)34(43)40(32(25)41)22-20-38(13-6)14-7/h8,15-16,23,35H,9-14,17-22H2,1-7H3. The van der Waals surface area contributed by atoms with Gasteiger partial charge >= 0.3 is 0 Å². The van der Waals surface area contributed by atoms with E-state index in [0.29, 0.717) is 59.2 Å². The van der Waals surface area contributed by atoms with Crippen molar-refractivity contribution in [2.75, 3.05) is 77.3 Å². The number of hydrogen-bond acceptors (Lipinski definition) is 7. The Morgan fingerprint density at radius 1 is 0.721 bits per heavy atom. The minimum Gasteiger partial charge on any atom is -0.383 e. The number of amides is 2. The Morgan fingerprint density at radius 2 is 1.30 bits per heavy atom. The molecule has 0 aliphatic carbocycles. The van der Waals surface area contributed by atoms with Crippen LogP contribution in [0.15, 0.2) is 23.0 Å². The van der Waals surface area contributed by atoms with Crippen LogP contribution in [-0.2, 0) is 6.54 Å². The summed E-state index contributed by atoms with van der Waals surface area (Å²) in [4.78, 5) is 50.6. The van der Waals surface area contributed by atoms with Crippen molar-refractivity contribution in [1.29, 1.82) is 0 Å². The molecule has 1 aromatic heterocycles. The lowest BCUT2D eigenvalue weighted by Gasteiger charge is -2.31. The Kier molecular flexibility index (Phi) is 11.0. The number of nitrogens with zero attached hydrogens (tertiary/aromatic N) is 5. The van der Waals surface area contributed by atoms with Gasteiger partial charge < -0.3 is 24.6 Å². The van der Waals surface area contributed by atoms with Crippen LogP contribution in [0.5, 0.6) is 0 Å². The molecule has 9 heteroatoms. The minimum atomic E-state index is -0.294. The predicted octanol–water partition coefficient (Wildman–Crippen LogP) is 3.71. The highest BCUT2D eigenvalue weighted by atomic mass is 16.2. The molecule has 0 unspecified atom stereocenters. The van der Waals surface area contributed by atoms with Crippen LogP contribution < -0.4 is 16.2 Å². The molecule has 0 saturated carbocycles. The van der Waals surface area contributed by atoms with Crippen molar-refractivity contribution in [3.63, 3.8) is 0 Å². The van der Waals surface area contributed by atoms with E-state index in [2.05, 4.69) is 61.6 Å². The predicted molar refractivity (Wildman–Crippen MR) is 178 cm³/mol. The van der Waals surface area contributed by atoms with Gasteiger partial charge in [-0.25, -0.2) is 0 Å². The molecule has 2 aromatic carbocycles. The highest BCUT2D eigenvalue weighted by molar-refractivity contribution is 6.32. The molecular weight excluding hydrogens is 540 g/mol. The second-order valence-corrected chi connectivity index (χ2v) is 11.2. The first-order valence-corrected chi connectivity index (χ1v) is 16.2. The summed E-state index contributed by atoms with van der Waals surface area (Å²) in [7, 11) is 0. The number of anilines is 1. The lowest BCUT2D eigenvalue weighted by atomic mass is 9.88. The van der Waals surface area contributed by atoms with Gasteiger partial charge in [-0.3, -0.25) is 19.3 Å². The monoisotopic (exact) mass is 590 g/mol. The average molecular weight is 591 g/mol. The molecule has 0 atom stereocenters. The number of aromatic nitrogens is 1. The Labute approximate surface area is 256 Å². The van der Waals surface area contributed by atoms with Crippen LogP contribution in [0.2, 0.25) is 0 Å². The van der Waals surface area contributed by atoms with E-state index >= 15 is 0 Å². The van der Waals surface area contributed by atoms with Gasteiger partial charge in [-0.2, -0.15) is 0 Å². The van der Waals surface area contributed by atoms with Crippen LogP contribution in [0.25, 0.3) is 27.6 Å². The largest absolute Gasteiger partial charge is 0.383 e. The number of benzene rings is 2. The van der Waals surface area contributed by atoms with Crippen molar-refractivity contribution in [2.45, 2.75) is 55.0 Å². The number of carbonyl (C=O) groups is 2. The van der Waals surface area contributed by atoms with Crippen molar-refractivity contribution in [3.8, 4) is 0 Å². The molecular formula is C34H50N6O3. The first-order chi connectivity index (χ1) is 20.8. The van der Waals surface area contributed by atoms with E-state index in [1.54, 1.807) is 0 Å². The van der Waals surface area contributed by atoms with Gasteiger partial charge in [0.15, 0.2) is 0 Å². The van der Waals surface area contributed by atoms with Crippen molar-refractivity contribution in [2.24, 2.45) is 0 Å².